The van der Waals surface area contributed by atoms with Crippen molar-refractivity contribution in [3.63, 3.8) is 0 Å². The maximum atomic E-state index is 13.1. The molecule has 0 aliphatic heterocycles. The van der Waals surface area contributed by atoms with Crippen LogP contribution in [0.25, 0.3) is 5.69 Å². The monoisotopic (exact) mass is 387 g/mol. The molecule has 1 N–H and O–H groups in total. The van der Waals surface area contributed by atoms with Crippen molar-refractivity contribution in [1.29, 1.82) is 0 Å². The molecule has 8 heteroatoms. The number of hydrogen-bond acceptors (Lipinski definition) is 4. The van der Waals surface area contributed by atoms with Gasteiger partial charge in [-0.05, 0) is 55.5 Å². The summed E-state index contributed by atoms with van der Waals surface area (Å²) in [5, 5.41) is 7.08. The van der Waals surface area contributed by atoms with Crippen molar-refractivity contribution in [2.24, 2.45) is 0 Å². The van der Waals surface area contributed by atoms with E-state index in [0.29, 0.717) is 22.6 Å². The van der Waals surface area contributed by atoms with E-state index >= 15 is 0 Å². The number of anilines is 1. The molecule has 0 atom stereocenters. The molecule has 0 spiro atoms. The maximum Gasteiger partial charge on any atom is 0.337 e. The van der Waals surface area contributed by atoms with Crippen LogP contribution in [0.3, 0.4) is 0 Å². The highest BCUT2D eigenvalue weighted by atomic mass is 35.5. The summed E-state index contributed by atoms with van der Waals surface area (Å²) in [5.74, 6) is -1.30. The Balaban J connectivity index is 1.85. The number of aromatic nitrogens is 2. The number of hydrogen-bond donors (Lipinski definition) is 1. The topological polar surface area (TPSA) is 73.2 Å². The first-order valence-corrected chi connectivity index (χ1v) is 8.29. The van der Waals surface area contributed by atoms with Gasteiger partial charge in [0.1, 0.15) is 16.5 Å². The third-order valence-electron chi connectivity index (χ3n) is 3.87. The van der Waals surface area contributed by atoms with Crippen LogP contribution >= 0.6 is 11.6 Å². The minimum absolute atomic E-state index is 0.114. The fraction of sp³-hybridized carbons (Fsp3) is 0.105. The van der Waals surface area contributed by atoms with E-state index in [2.05, 4.69) is 15.2 Å². The highest BCUT2D eigenvalue weighted by molar-refractivity contribution is 6.34. The Kier molecular flexibility index (Phi) is 5.23. The van der Waals surface area contributed by atoms with Crippen LogP contribution in [0.4, 0.5) is 10.1 Å². The largest absolute Gasteiger partial charge is 0.465 e. The van der Waals surface area contributed by atoms with Gasteiger partial charge in [-0.15, -0.1) is 0 Å². The van der Waals surface area contributed by atoms with Crippen molar-refractivity contribution in [3.8, 4) is 5.69 Å². The van der Waals surface area contributed by atoms with Crippen molar-refractivity contribution in [3.05, 3.63) is 76.3 Å². The quantitative estimate of drug-likeness (QED) is 0.686. The number of nitrogens with zero attached hydrogens (tertiary/aromatic N) is 2. The molecule has 0 unspecified atom stereocenters. The van der Waals surface area contributed by atoms with E-state index in [4.69, 9.17) is 11.6 Å². The number of nitrogens with one attached hydrogen (secondary N) is 1. The third kappa shape index (κ3) is 3.83. The van der Waals surface area contributed by atoms with E-state index < -0.39 is 11.9 Å². The first-order valence-electron chi connectivity index (χ1n) is 7.91. The summed E-state index contributed by atoms with van der Waals surface area (Å²) >= 11 is 6.34. The van der Waals surface area contributed by atoms with Crippen LogP contribution in [0.5, 0.6) is 0 Å². The van der Waals surface area contributed by atoms with Gasteiger partial charge in [-0.3, -0.25) is 4.79 Å². The van der Waals surface area contributed by atoms with Crippen LogP contribution in [0.1, 0.15) is 26.4 Å². The molecule has 0 bridgehead atoms. The number of amides is 1. The van der Waals surface area contributed by atoms with Crippen LogP contribution in [0.2, 0.25) is 5.15 Å². The normalized spacial score (nSPS) is 10.5. The van der Waals surface area contributed by atoms with Gasteiger partial charge in [0.2, 0.25) is 0 Å². The fourth-order valence-corrected chi connectivity index (χ4v) is 2.87. The molecule has 3 rings (SSSR count). The molecule has 0 aliphatic carbocycles. The number of esters is 1. The Morgan fingerprint density at radius 3 is 2.33 bits per heavy atom. The average molecular weight is 388 g/mol. The molecule has 0 fully saturated rings. The zero-order valence-corrected chi connectivity index (χ0v) is 15.2. The molecule has 6 nitrogen and oxygen atoms in total. The number of halogens is 2. The first-order chi connectivity index (χ1) is 12.9. The van der Waals surface area contributed by atoms with Crippen molar-refractivity contribution in [2.75, 3.05) is 12.4 Å². The Labute approximate surface area is 159 Å². The van der Waals surface area contributed by atoms with Gasteiger partial charge in [-0.25, -0.2) is 13.9 Å². The second-order valence-corrected chi connectivity index (χ2v) is 6.02. The molecule has 1 amide bonds. The Bertz CT molecular complexity index is 998. The van der Waals surface area contributed by atoms with Crippen molar-refractivity contribution >= 4 is 29.2 Å². The number of aryl methyl sites for hydroxylation is 1. The van der Waals surface area contributed by atoms with E-state index in [1.807, 2.05) is 0 Å². The molecule has 0 radical (unpaired) electrons. The standard InChI is InChI=1S/C19H15ClFN3O3/c1-11-16(17(20)24(23-11)15-9-5-13(21)6-10-15)18(25)22-14-7-3-12(4-8-14)19(26)27-2/h3-10H,1-2H3,(H,22,25). The number of benzene rings is 2. The lowest BCUT2D eigenvalue weighted by atomic mass is 10.2. The first kappa shape index (κ1) is 18.6. The fourth-order valence-electron chi connectivity index (χ4n) is 2.51. The second-order valence-electron chi connectivity index (χ2n) is 5.66. The van der Waals surface area contributed by atoms with Crippen LogP contribution in [0.15, 0.2) is 48.5 Å². The Morgan fingerprint density at radius 2 is 1.74 bits per heavy atom. The minimum atomic E-state index is -0.465. The molecule has 138 valence electrons. The van der Waals surface area contributed by atoms with Gasteiger partial charge in [0.25, 0.3) is 5.91 Å². The van der Waals surface area contributed by atoms with Crippen molar-refractivity contribution in [1.82, 2.24) is 9.78 Å². The molecule has 0 aliphatic rings. The molecule has 0 saturated carbocycles. The maximum absolute atomic E-state index is 13.1. The predicted molar refractivity (Wildman–Crippen MR) is 99.0 cm³/mol. The predicted octanol–water partition coefficient (Wildman–Crippen LogP) is 4.01. The SMILES string of the molecule is COC(=O)c1ccc(NC(=O)c2c(C)nn(-c3ccc(F)cc3)c2Cl)cc1. The summed E-state index contributed by atoms with van der Waals surface area (Å²) < 4.78 is 19.1. The van der Waals surface area contributed by atoms with Gasteiger partial charge < -0.3 is 10.1 Å². The molecule has 1 heterocycles. The highest BCUT2D eigenvalue weighted by Gasteiger charge is 2.21. The second kappa shape index (κ2) is 7.59. The zero-order valence-electron chi connectivity index (χ0n) is 14.5. The average Bonchev–Trinajstić information content (AvgIpc) is 2.96. The van der Waals surface area contributed by atoms with Crippen LogP contribution in [-0.4, -0.2) is 28.8 Å². The van der Waals surface area contributed by atoms with Gasteiger partial charge in [-0.2, -0.15) is 5.10 Å². The third-order valence-corrected chi connectivity index (χ3v) is 4.22. The van der Waals surface area contributed by atoms with Gasteiger partial charge in [0.05, 0.1) is 24.1 Å². The van der Waals surface area contributed by atoms with Crippen molar-refractivity contribution < 1.29 is 18.7 Å². The Hall–Kier alpha value is -3.19. The lowest BCUT2D eigenvalue weighted by molar-refractivity contribution is 0.0600. The molecule has 1 aromatic heterocycles. The molecular formula is C19H15ClFN3O3. The number of methoxy groups -OCH3 is 1. The number of carbonyl (C=O) groups excluding carboxylic acids is 2. The summed E-state index contributed by atoms with van der Waals surface area (Å²) in [6.07, 6.45) is 0. The summed E-state index contributed by atoms with van der Waals surface area (Å²) in [4.78, 5) is 24.1. The van der Waals surface area contributed by atoms with Gasteiger partial charge in [0, 0.05) is 5.69 Å². The summed E-state index contributed by atoms with van der Waals surface area (Å²) in [6.45, 7) is 1.65. The number of ether oxygens (including phenoxy) is 1. The summed E-state index contributed by atoms with van der Waals surface area (Å²) in [7, 11) is 1.29. The lowest BCUT2D eigenvalue weighted by Crippen LogP contribution is -2.13. The van der Waals surface area contributed by atoms with Gasteiger partial charge in [0.15, 0.2) is 0 Å². The summed E-state index contributed by atoms with van der Waals surface area (Å²) in [5.41, 5.74) is 2.02. The zero-order chi connectivity index (χ0) is 19.6. The molecule has 0 saturated heterocycles. The Morgan fingerprint density at radius 1 is 1.11 bits per heavy atom. The van der Waals surface area contributed by atoms with E-state index in [9.17, 15) is 14.0 Å². The van der Waals surface area contributed by atoms with Crippen LogP contribution < -0.4 is 5.32 Å². The lowest BCUT2D eigenvalue weighted by Gasteiger charge is -2.06. The number of rotatable bonds is 4. The van der Waals surface area contributed by atoms with E-state index in [1.54, 1.807) is 19.1 Å². The van der Waals surface area contributed by atoms with E-state index in [1.165, 1.54) is 48.2 Å². The highest BCUT2D eigenvalue weighted by Crippen LogP contribution is 2.25. The van der Waals surface area contributed by atoms with Crippen LogP contribution in [0, 0.1) is 12.7 Å². The minimum Gasteiger partial charge on any atom is -0.465 e. The smallest absolute Gasteiger partial charge is 0.337 e. The van der Waals surface area contributed by atoms with Gasteiger partial charge >= 0.3 is 5.97 Å². The molecule has 3 aromatic rings. The summed E-state index contributed by atoms with van der Waals surface area (Å²) in [6, 6.07) is 11.8. The number of carbonyl (C=O) groups is 2. The molecule has 27 heavy (non-hydrogen) atoms. The molecular weight excluding hydrogens is 373 g/mol. The van der Waals surface area contributed by atoms with Crippen LogP contribution in [-0.2, 0) is 4.74 Å². The van der Waals surface area contributed by atoms with E-state index in [-0.39, 0.29) is 16.5 Å². The molecule has 2 aromatic carbocycles. The van der Waals surface area contributed by atoms with Crippen molar-refractivity contribution in [2.45, 2.75) is 6.92 Å². The van der Waals surface area contributed by atoms with E-state index in [0.717, 1.165) is 0 Å². The van der Waals surface area contributed by atoms with Gasteiger partial charge in [-0.1, -0.05) is 11.6 Å².